The van der Waals surface area contributed by atoms with E-state index in [-0.39, 0.29) is 0 Å². The van der Waals surface area contributed by atoms with Crippen molar-refractivity contribution in [2.45, 2.75) is 32.2 Å². The molecule has 1 saturated carbocycles. The van der Waals surface area contributed by atoms with Gasteiger partial charge in [0.25, 0.3) is 5.91 Å². The van der Waals surface area contributed by atoms with Gasteiger partial charge >= 0.3 is 0 Å². The van der Waals surface area contributed by atoms with Crippen LogP contribution in [0.25, 0.3) is 10.9 Å². The Kier molecular flexibility index (Phi) is 4.78. The van der Waals surface area contributed by atoms with Crippen LogP contribution in [0.2, 0.25) is 0 Å². The molecule has 2 aliphatic heterocycles. The fourth-order valence-corrected chi connectivity index (χ4v) is 5.44. The van der Waals surface area contributed by atoms with Crippen molar-refractivity contribution in [1.29, 1.82) is 0 Å². The Morgan fingerprint density at radius 1 is 1.21 bits per heavy atom. The number of ether oxygens (including phenoxy) is 1. The average molecular weight is 396 g/mol. The van der Waals surface area contributed by atoms with Gasteiger partial charge in [-0.25, -0.2) is 0 Å². The number of aryl methyl sites for hydroxylation is 1. The summed E-state index contributed by atoms with van der Waals surface area (Å²) in [7, 11) is 0. The monoisotopic (exact) mass is 396 g/mol. The summed E-state index contributed by atoms with van der Waals surface area (Å²) < 4.78 is 7.42. The number of pyridine rings is 1. The summed E-state index contributed by atoms with van der Waals surface area (Å²) in [5, 5.41) is 0.946. The molecule has 7 nitrogen and oxygen atoms in total. The number of amides is 2. The molecule has 4 heterocycles. The van der Waals surface area contributed by atoms with Crippen molar-refractivity contribution in [3.8, 4) is 0 Å². The van der Waals surface area contributed by atoms with E-state index in [9.17, 15) is 9.59 Å². The molecular weight excluding hydrogens is 368 g/mol. The van der Waals surface area contributed by atoms with E-state index < -0.39 is 5.91 Å². The van der Waals surface area contributed by atoms with Gasteiger partial charge in [0.1, 0.15) is 5.69 Å². The zero-order valence-corrected chi connectivity index (χ0v) is 16.6. The van der Waals surface area contributed by atoms with Crippen LogP contribution >= 0.6 is 0 Å². The van der Waals surface area contributed by atoms with Crippen molar-refractivity contribution in [2.75, 3.05) is 26.3 Å². The van der Waals surface area contributed by atoms with Crippen molar-refractivity contribution in [2.24, 2.45) is 29.4 Å². The fraction of sp³-hybridized carbons (Fsp3) is 0.591. The molecule has 0 spiro atoms. The van der Waals surface area contributed by atoms with Crippen LogP contribution in [0, 0.1) is 23.7 Å². The quantitative estimate of drug-likeness (QED) is 0.809. The molecule has 0 radical (unpaired) electrons. The highest BCUT2D eigenvalue weighted by Crippen LogP contribution is 2.54. The molecule has 2 saturated heterocycles. The van der Waals surface area contributed by atoms with Gasteiger partial charge in [0.15, 0.2) is 0 Å². The van der Waals surface area contributed by atoms with Crippen LogP contribution in [-0.4, -0.2) is 52.6 Å². The lowest BCUT2D eigenvalue weighted by Gasteiger charge is -2.25. The number of primary amides is 1. The molecule has 2 aromatic rings. The zero-order chi connectivity index (χ0) is 20.0. The fourth-order valence-electron chi connectivity index (χ4n) is 5.44. The molecule has 2 atom stereocenters. The van der Waals surface area contributed by atoms with E-state index >= 15 is 0 Å². The minimum Gasteiger partial charge on any atom is -0.381 e. The minimum atomic E-state index is -0.401. The van der Waals surface area contributed by atoms with E-state index in [0.717, 1.165) is 63.0 Å². The van der Waals surface area contributed by atoms with E-state index in [0.29, 0.717) is 41.7 Å². The third kappa shape index (κ3) is 3.52. The first-order valence-electron chi connectivity index (χ1n) is 10.7. The molecule has 2 amide bonds. The number of aromatic nitrogens is 2. The third-order valence-electron chi connectivity index (χ3n) is 7.17. The van der Waals surface area contributed by atoms with Crippen molar-refractivity contribution in [1.82, 2.24) is 14.5 Å². The van der Waals surface area contributed by atoms with Gasteiger partial charge in [-0.05, 0) is 55.1 Å². The summed E-state index contributed by atoms with van der Waals surface area (Å²) in [6, 6.07) is 3.77. The first-order valence-corrected chi connectivity index (χ1v) is 10.7. The highest BCUT2D eigenvalue weighted by molar-refractivity contribution is 5.97. The zero-order valence-electron chi connectivity index (χ0n) is 16.6. The van der Waals surface area contributed by atoms with Crippen molar-refractivity contribution in [3.63, 3.8) is 0 Å². The number of piperidine rings is 1. The number of hydrogen-bond donors (Lipinski definition) is 1. The van der Waals surface area contributed by atoms with Crippen LogP contribution in [0.15, 0.2) is 24.5 Å². The second-order valence-electron chi connectivity index (χ2n) is 8.82. The highest BCUT2D eigenvalue weighted by Gasteiger charge is 2.55. The molecule has 2 unspecified atom stereocenters. The van der Waals surface area contributed by atoms with Crippen molar-refractivity contribution < 1.29 is 14.3 Å². The lowest BCUT2D eigenvalue weighted by molar-refractivity contribution is -0.132. The predicted molar refractivity (Wildman–Crippen MR) is 108 cm³/mol. The van der Waals surface area contributed by atoms with E-state index in [1.165, 1.54) is 0 Å². The van der Waals surface area contributed by atoms with Crippen LogP contribution in [0.1, 0.15) is 36.2 Å². The predicted octanol–water partition coefficient (Wildman–Crippen LogP) is 2.05. The highest BCUT2D eigenvalue weighted by atomic mass is 16.5. The van der Waals surface area contributed by atoms with Crippen molar-refractivity contribution in [3.05, 3.63) is 30.2 Å². The number of hydrogen-bond acceptors (Lipinski definition) is 4. The maximum Gasteiger partial charge on any atom is 0.265 e. The molecular formula is C22H28N4O3. The molecule has 2 N–H and O–H groups in total. The van der Waals surface area contributed by atoms with Gasteiger partial charge in [-0.1, -0.05) is 0 Å². The number of fused-ring (bicyclic) bond motifs is 2. The van der Waals surface area contributed by atoms with Gasteiger partial charge in [0.05, 0.1) is 5.52 Å². The second-order valence-corrected chi connectivity index (χ2v) is 8.82. The molecule has 0 aromatic carbocycles. The summed E-state index contributed by atoms with van der Waals surface area (Å²) in [4.78, 5) is 30.7. The SMILES string of the molecule is NC(=O)c1cc2cnccc2n1CCC1C2CN(C(=O)CC3CCOCC3)CC12. The van der Waals surface area contributed by atoms with Crippen LogP contribution in [0.5, 0.6) is 0 Å². The third-order valence-corrected chi connectivity index (χ3v) is 7.17. The van der Waals surface area contributed by atoms with Crippen LogP contribution in [-0.2, 0) is 16.1 Å². The van der Waals surface area contributed by atoms with Crippen molar-refractivity contribution >= 4 is 22.7 Å². The number of likely N-dealkylation sites (tertiary alicyclic amines) is 1. The summed E-state index contributed by atoms with van der Waals surface area (Å²) >= 11 is 0. The Labute approximate surface area is 170 Å². The summed E-state index contributed by atoms with van der Waals surface area (Å²) in [5.41, 5.74) is 7.14. The van der Waals surface area contributed by atoms with E-state index in [2.05, 4.69) is 9.88 Å². The number of carbonyl (C=O) groups excluding carboxylic acids is 2. The lowest BCUT2D eigenvalue weighted by Crippen LogP contribution is -2.34. The summed E-state index contributed by atoms with van der Waals surface area (Å²) in [5.74, 6) is 2.29. The molecule has 3 aliphatic rings. The van der Waals surface area contributed by atoms with Gasteiger partial charge in [0, 0.05) is 57.0 Å². The molecule has 29 heavy (non-hydrogen) atoms. The smallest absolute Gasteiger partial charge is 0.265 e. The van der Waals surface area contributed by atoms with E-state index in [1.807, 2.05) is 16.7 Å². The molecule has 2 aromatic heterocycles. The van der Waals surface area contributed by atoms with Gasteiger partial charge in [-0.15, -0.1) is 0 Å². The van der Waals surface area contributed by atoms with Gasteiger partial charge in [0.2, 0.25) is 5.91 Å². The average Bonchev–Trinajstić information content (AvgIpc) is 3.07. The topological polar surface area (TPSA) is 90.5 Å². The van der Waals surface area contributed by atoms with Gasteiger partial charge in [-0.2, -0.15) is 0 Å². The standard InChI is InChI=1S/C22H28N4O3/c23-22(28)20-10-15-11-24-5-1-19(15)26(20)6-2-16-17-12-25(13-18(16)17)21(27)9-14-3-7-29-8-4-14/h1,5,10-11,14,16-18H,2-4,6-9,12-13H2,(H2,23,28). The second kappa shape index (κ2) is 7.44. The van der Waals surface area contributed by atoms with Gasteiger partial charge in [-0.3, -0.25) is 14.6 Å². The first-order chi connectivity index (χ1) is 14.1. The maximum atomic E-state index is 12.6. The van der Waals surface area contributed by atoms with E-state index in [4.69, 9.17) is 10.5 Å². The van der Waals surface area contributed by atoms with Crippen LogP contribution in [0.4, 0.5) is 0 Å². The Hall–Kier alpha value is -2.41. The Balaban J connectivity index is 1.16. The number of nitrogens with two attached hydrogens (primary N) is 1. The normalized spacial score (nSPS) is 26.6. The largest absolute Gasteiger partial charge is 0.381 e. The molecule has 5 rings (SSSR count). The Bertz CT molecular complexity index is 921. The number of nitrogens with zero attached hydrogens (tertiary/aromatic N) is 3. The molecule has 0 bridgehead atoms. The molecule has 7 heteroatoms. The summed E-state index contributed by atoms with van der Waals surface area (Å²) in [6.07, 6.45) is 7.24. The number of rotatable bonds is 6. The van der Waals surface area contributed by atoms with Crippen LogP contribution < -0.4 is 5.73 Å². The summed E-state index contributed by atoms with van der Waals surface area (Å²) in [6.45, 7) is 4.16. The van der Waals surface area contributed by atoms with Gasteiger partial charge < -0.3 is 19.9 Å². The maximum absolute atomic E-state index is 12.6. The Morgan fingerprint density at radius 2 is 1.97 bits per heavy atom. The molecule has 1 aliphatic carbocycles. The van der Waals surface area contributed by atoms with E-state index in [1.54, 1.807) is 12.4 Å². The molecule has 3 fully saturated rings. The lowest BCUT2D eigenvalue weighted by atomic mass is 9.96. The minimum absolute atomic E-state index is 0.322. The molecule has 154 valence electrons. The first kappa shape index (κ1) is 18.6. The Morgan fingerprint density at radius 3 is 2.69 bits per heavy atom. The number of carbonyl (C=O) groups is 2. The van der Waals surface area contributed by atoms with Crippen LogP contribution in [0.3, 0.4) is 0 Å².